The molecule has 112 valence electrons. The van der Waals surface area contributed by atoms with Crippen LogP contribution < -0.4 is 15.0 Å². The van der Waals surface area contributed by atoms with E-state index in [4.69, 9.17) is 9.47 Å². The van der Waals surface area contributed by atoms with Crippen molar-refractivity contribution in [2.45, 2.75) is 26.7 Å². The quantitative estimate of drug-likeness (QED) is 0.939. The molecule has 0 aliphatic rings. The Morgan fingerprint density at radius 1 is 1.19 bits per heavy atom. The Balaban J connectivity index is 2.73. The second-order valence-electron chi connectivity index (χ2n) is 5.15. The number of aromatic amines is 1. The Hall–Kier alpha value is -2.30. The predicted octanol–water partition coefficient (Wildman–Crippen LogP) is 2.89. The number of nitrogens with one attached hydrogen (secondary N) is 1. The van der Waals surface area contributed by atoms with E-state index in [1.54, 1.807) is 21.1 Å². The zero-order chi connectivity index (χ0) is 15.6. The van der Waals surface area contributed by atoms with Crippen LogP contribution in [-0.2, 0) is 0 Å². The minimum Gasteiger partial charge on any atom is -0.497 e. The van der Waals surface area contributed by atoms with Crippen molar-refractivity contribution in [3.05, 3.63) is 39.9 Å². The van der Waals surface area contributed by atoms with Crippen LogP contribution in [0.2, 0.25) is 0 Å². The predicted molar refractivity (Wildman–Crippen MR) is 82.2 cm³/mol. The van der Waals surface area contributed by atoms with E-state index in [-0.39, 0.29) is 11.5 Å². The summed E-state index contributed by atoms with van der Waals surface area (Å²) in [5, 5.41) is 0. The zero-order valence-electron chi connectivity index (χ0n) is 13.0. The van der Waals surface area contributed by atoms with Crippen LogP contribution >= 0.6 is 0 Å². The molecular formula is C16H20N2O3. The van der Waals surface area contributed by atoms with E-state index in [1.807, 2.05) is 32.0 Å². The lowest BCUT2D eigenvalue weighted by atomic mass is 10.1. The number of H-pyrrole nitrogens is 1. The summed E-state index contributed by atoms with van der Waals surface area (Å²) in [6.07, 6.45) is 0. The van der Waals surface area contributed by atoms with Crippen LogP contribution in [0.15, 0.2) is 23.0 Å². The molecule has 0 amide bonds. The molecule has 0 bridgehead atoms. The van der Waals surface area contributed by atoms with Gasteiger partial charge in [0.1, 0.15) is 17.3 Å². The smallest absolute Gasteiger partial charge is 0.254 e. The van der Waals surface area contributed by atoms with Crippen LogP contribution in [0, 0.1) is 6.92 Å². The molecule has 0 aliphatic carbocycles. The maximum absolute atomic E-state index is 12.1. The van der Waals surface area contributed by atoms with E-state index >= 15 is 0 Å². The standard InChI is InChI=1S/C16H20N2O3/c1-9(2)15-17-14(10(3)16(19)18-15)12-8-11(20-4)6-7-13(12)21-5/h6-9H,1-5H3,(H,17,18,19). The van der Waals surface area contributed by atoms with Crippen molar-refractivity contribution >= 4 is 0 Å². The van der Waals surface area contributed by atoms with Gasteiger partial charge in [0.15, 0.2) is 0 Å². The molecule has 1 aromatic heterocycles. The van der Waals surface area contributed by atoms with Gasteiger partial charge in [-0.15, -0.1) is 0 Å². The van der Waals surface area contributed by atoms with E-state index < -0.39 is 0 Å². The van der Waals surface area contributed by atoms with Gasteiger partial charge in [0.05, 0.1) is 19.9 Å². The first kappa shape index (κ1) is 15.1. The SMILES string of the molecule is COc1ccc(OC)c(-c2nc(C(C)C)[nH]c(=O)c2C)c1. The molecule has 0 saturated heterocycles. The van der Waals surface area contributed by atoms with Crippen molar-refractivity contribution in [1.29, 1.82) is 0 Å². The van der Waals surface area contributed by atoms with Gasteiger partial charge in [0.2, 0.25) is 0 Å². The van der Waals surface area contributed by atoms with Gasteiger partial charge in [-0.05, 0) is 25.1 Å². The molecule has 0 radical (unpaired) electrons. The number of benzene rings is 1. The second kappa shape index (κ2) is 5.99. The average molecular weight is 288 g/mol. The molecular weight excluding hydrogens is 268 g/mol. The van der Waals surface area contributed by atoms with Crippen LogP contribution in [0.1, 0.15) is 31.2 Å². The third kappa shape index (κ3) is 2.91. The highest BCUT2D eigenvalue weighted by atomic mass is 16.5. The normalized spacial score (nSPS) is 10.8. The Kier molecular flexibility index (Phi) is 4.31. The lowest BCUT2D eigenvalue weighted by molar-refractivity contribution is 0.404. The molecule has 1 heterocycles. The molecule has 5 heteroatoms. The fraction of sp³-hybridized carbons (Fsp3) is 0.375. The third-order valence-electron chi connectivity index (χ3n) is 3.38. The van der Waals surface area contributed by atoms with Gasteiger partial charge in [-0.25, -0.2) is 4.98 Å². The molecule has 0 saturated carbocycles. The highest BCUT2D eigenvalue weighted by molar-refractivity contribution is 5.71. The van der Waals surface area contributed by atoms with Crippen molar-refractivity contribution in [3.63, 3.8) is 0 Å². The summed E-state index contributed by atoms with van der Waals surface area (Å²) in [6, 6.07) is 5.46. The Morgan fingerprint density at radius 2 is 1.90 bits per heavy atom. The molecule has 0 atom stereocenters. The number of nitrogens with zero attached hydrogens (tertiary/aromatic N) is 1. The maximum atomic E-state index is 12.1. The summed E-state index contributed by atoms with van der Waals surface area (Å²) in [5.41, 5.74) is 1.81. The van der Waals surface area contributed by atoms with E-state index in [0.29, 0.717) is 28.6 Å². The average Bonchev–Trinajstić information content (AvgIpc) is 2.49. The lowest BCUT2D eigenvalue weighted by Gasteiger charge is -2.13. The van der Waals surface area contributed by atoms with Crippen LogP contribution in [0.4, 0.5) is 0 Å². The Bertz CT molecular complexity index is 705. The van der Waals surface area contributed by atoms with E-state index in [0.717, 1.165) is 5.56 Å². The summed E-state index contributed by atoms with van der Waals surface area (Å²) in [5.74, 6) is 2.14. The minimum absolute atomic E-state index is 0.131. The number of aromatic nitrogens is 2. The first-order valence-corrected chi connectivity index (χ1v) is 6.81. The van der Waals surface area contributed by atoms with Crippen LogP contribution in [-0.4, -0.2) is 24.2 Å². The van der Waals surface area contributed by atoms with Crippen molar-refractivity contribution in [3.8, 4) is 22.8 Å². The van der Waals surface area contributed by atoms with Gasteiger partial charge in [-0.3, -0.25) is 4.79 Å². The summed E-state index contributed by atoms with van der Waals surface area (Å²) < 4.78 is 10.6. The molecule has 2 aromatic rings. The fourth-order valence-corrected chi connectivity index (χ4v) is 2.08. The van der Waals surface area contributed by atoms with Crippen molar-refractivity contribution in [2.75, 3.05) is 14.2 Å². The Labute approximate surface area is 124 Å². The van der Waals surface area contributed by atoms with Gasteiger partial charge in [0.25, 0.3) is 5.56 Å². The number of hydrogen-bond donors (Lipinski definition) is 1. The molecule has 1 N–H and O–H groups in total. The minimum atomic E-state index is -0.131. The Morgan fingerprint density at radius 3 is 2.48 bits per heavy atom. The number of rotatable bonds is 4. The first-order chi connectivity index (χ1) is 9.97. The first-order valence-electron chi connectivity index (χ1n) is 6.81. The molecule has 2 rings (SSSR count). The highest BCUT2D eigenvalue weighted by Gasteiger charge is 2.16. The topological polar surface area (TPSA) is 64.2 Å². The van der Waals surface area contributed by atoms with Crippen LogP contribution in [0.25, 0.3) is 11.3 Å². The summed E-state index contributed by atoms with van der Waals surface area (Å²) in [7, 11) is 3.19. The van der Waals surface area contributed by atoms with Crippen molar-refractivity contribution in [2.24, 2.45) is 0 Å². The highest BCUT2D eigenvalue weighted by Crippen LogP contribution is 2.33. The monoisotopic (exact) mass is 288 g/mol. The number of hydrogen-bond acceptors (Lipinski definition) is 4. The number of methoxy groups -OCH3 is 2. The van der Waals surface area contributed by atoms with Crippen molar-refractivity contribution < 1.29 is 9.47 Å². The number of ether oxygens (including phenoxy) is 2. The summed E-state index contributed by atoms with van der Waals surface area (Å²) in [4.78, 5) is 19.5. The van der Waals surface area contributed by atoms with Crippen LogP contribution in [0.5, 0.6) is 11.5 Å². The second-order valence-corrected chi connectivity index (χ2v) is 5.15. The third-order valence-corrected chi connectivity index (χ3v) is 3.38. The molecule has 0 unspecified atom stereocenters. The fourth-order valence-electron chi connectivity index (χ4n) is 2.08. The van der Waals surface area contributed by atoms with Gasteiger partial charge in [-0.2, -0.15) is 0 Å². The van der Waals surface area contributed by atoms with Gasteiger partial charge in [0, 0.05) is 17.0 Å². The molecule has 0 aliphatic heterocycles. The molecule has 0 spiro atoms. The summed E-state index contributed by atoms with van der Waals surface area (Å²) in [6.45, 7) is 5.73. The molecule has 5 nitrogen and oxygen atoms in total. The van der Waals surface area contributed by atoms with Crippen LogP contribution in [0.3, 0.4) is 0 Å². The molecule has 0 fully saturated rings. The summed E-state index contributed by atoms with van der Waals surface area (Å²) >= 11 is 0. The largest absolute Gasteiger partial charge is 0.497 e. The molecule has 1 aromatic carbocycles. The van der Waals surface area contributed by atoms with Crippen molar-refractivity contribution in [1.82, 2.24) is 9.97 Å². The van der Waals surface area contributed by atoms with Gasteiger partial charge >= 0.3 is 0 Å². The van der Waals surface area contributed by atoms with Gasteiger partial charge < -0.3 is 14.5 Å². The zero-order valence-corrected chi connectivity index (χ0v) is 13.0. The van der Waals surface area contributed by atoms with E-state index in [9.17, 15) is 4.79 Å². The lowest BCUT2D eigenvalue weighted by Crippen LogP contribution is -2.17. The van der Waals surface area contributed by atoms with E-state index in [1.165, 1.54) is 0 Å². The molecule has 21 heavy (non-hydrogen) atoms. The van der Waals surface area contributed by atoms with E-state index in [2.05, 4.69) is 9.97 Å². The van der Waals surface area contributed by atoms with Gasteiger partial charge in [-0.1, -0.05) is 13.8 Å². The maximum Gasteiger partial charge on any atom is 0.254 e.